The van der Waals surface area contributed by atoms with Gasteiger partial charge in [0.2, 0.25) is 5.89 Å². The number of nitrogens with one attached hydrogen (secondary N) is 1. The largest absolute Gasteiger partial charge is 0.478 e. The first-order valence-electron chi connectivity index (χ1n) is 5.05. The molecule has 2 rings (SSSR count). The Kier molecular flexibility index (Phi) is 3.73. The normalized spacial score (nSPS) is 10.3. The van der Waals surface area contributed by atoms with E-state index in [0.29, 0.717) is 24.7 Å². The lowest BCUT2D eigenvalue weighted by molar-refractivity contribution is 0.0697. The van der Waals surface area contributed by atoms with Gasteiger partial charge in [0, 0.05) is 13.0 Å². The van der Waals surface area contributed by atoms with E-state index in [2.05, 4.69) is 20.4 Å². The van der Waals surface area contributed by atoms with Gasteiger partial charge in [-0.2, -0.15) is 4.98 Å². The highest BCUT2D eigenvalue weighted by Crippen LogP contribution is 2.14. The zero-order valence-corrected chi connectivity index (χ0v) is 9.89. The molecular formula is C10H9ClN4O3. The second kappa shape index (κ2) is 5.46. The van der Waals surface area contributed by atoms with E-state index in [1.54, 1.807) is 0 Å². The van der Waals surface area contributed by atoms with Crippen molar-refractivity contribution in [2.45, 2.75) is 6.42 Å². The van der Waals surface area contributed by atoms with E-state index in [-0.39, 0.29) is 10.7 Å². The standard InChI is InChI=1S/C10H9ClN4O3/c11-7-3-6(10(16)17)4-8(15-7)12-2-1-9-13-5-14-18-9/h3-5H,1-2H2,(H,12,15)(H,16,17). The lowest BCUT2D eigenvalue weighted by Gasteiger charge is -2.05. The van der Waals surface area contributed by atoms with Crippen molar-refractivity contribution >= 4 is 23.4 Å². The summed E-state index contributed by atoms with van der Waals surface area (Å²) in [4.78, 5) is 18.6. The number of halogens is 1. The van der Waals surface area contributed by atoms with Crippen molar-refractivity contribution in [2.75, 3.05) is 11.9 Å². The van der Waals surface area contributed by atoms with Gasteiger partial charge in [-0.25, -0.2) is 9.78 Å². The number of pyridine rings is 1. The second-order valence-corrected chi connectivity index (χ2v) is 3.77. The number of nitrogens with zero attached hydrogens (tertiary/aromatic N) is 3. The topological polar surface area (TPSA) is 101 Å². The number of anilines is 1. The van der Waals surface area contributed by atoms with Crippen molar-refractivity contribution in [3.8, 4) is 0 Å². The van der Waals surface area contributed by atoms with Crippen LogP contribution in [0.25, 0.3) is 0 Å². The summed E-state index contributed by atoms with van der Waals surface area (Å²) in [5.74, 6) is -0.179. The van der Waals surface area contributed by atoms with Gasteiger partial charge in [-0.3, -0.25) is 0 Å². The Balaban J connectivity index is 1.98. The molecule has 0 bridgehead atoms. The molecule has 0 aliphatic carbocycles. The Morgan fingerprint density at radius 3 is 3.00 bits per heavy atom. The van der Waals surface area contributed by atoms with Crippen LogP contribution in [-0.4, -0.2) is 32.7 Å². The van der Waals surface area contributed by atoms with E-state index < -0.39 is 5.97 Å². The van der Waals surface area contributed by atoms with E-state index in [1.165, 1.54) is 18.5 Å². The molecule has 0 radical (unpaired) electrons. The summed E-state index contributed by atoms with van der Waals surface area (Å²) in [6.45, 7) is 0.481. The highest BCUT2D eigenvalue weighted by atomic mass is 35.5. The fourth-order valence-electron chi connectivity index (χ4n) is 1.31. The van der Waals surface area contributed by atoms with Crippen LogP contribution in [0.4, 0.5) is 5.82 Å². The summed E-state index contributed by atoms with van der Waals surface area (Å²) in [7, 11) is 0. The minimum Gasteiger partial charge on any atom is -0.478 e. The van der Waals surface area contributed by atoms with Gasteiger partial charge in [0.15, 0.2) is 6.33 Å². The van der Waals surface area contributed by atoms with Gasteiger partial charge in [-0.15, -0.1) is 0 Å². The summed E-state index contributed by atoms with van der Waals surface area (Å²) < 4.78 is 4.82. The van der Waals surface area contributed by atoms with Crippen LogP contribution >= 0.6 is 11.6 Å². The first-order valence-corrected chi connectivity index (χ1v) is 5.43. The Bertz CT molecular complexity index is 544. The minimum absolute atomic E-state index is 0.0790. The molecule has 94 valence electrons. The average Bonchev–Trinajstić information content (AvgIpc) is 2.81. The van der Waals surface area contributed by atoms with Crippen molar-refractivity contribution in [3.63, 3.8) is 0 Å². The molecule has 0 aliphatic heterocycles. The highest BCUT2D eigenvalue weighted by Gasteiger charge is 2.07. The monoisotopic (exact) mass is 268 g/mol. The number of carboxylic acids is 1. The fraction of sp³-hybridized carbons (Fsp3) is 0.200. The van der Waals surface area contributed by atoms with Crippen LogP contribution in [0.15, 0.2) is 23.0 Å². The van der Waals surface area contributed by atoms with Crippen LogP contribution in [-0.2, 0) is 6.42 Å². The minimum atomic E-state index is -1.06. The molecule has 2 aromatic heterocycles. The molecule has 0 atom stereocenters. The number of aromatic nitrogens is 3. The molecule has 0 fully saturated rings. The number of aromatic carboxylic acids is 1. The van der Waals surface area contributed by atoms with Crippen molar-refractivity contribution in [3.05, 3.63) is 35.1 Å². The number of hydrogen-bond donors (Lipinski definition) is 2. The van der Waals surface area contributed by atoms with E-state index in [9.17, 15) is 4.79 Å². The molecule has 0 amide bonds. The maximum absolute atomic E-state index is 10.8. The Hall–Kier alpha value is -2.15. The van der Waals surface area contributed by atoms with Crippen LogP contribution in [0.3, 0.4) is 0 Å². The van der Waals surface area contributed by atoms with Crippen molar-refractivity contribution in [1.82, 2.24) is 15.1 Å². The Morgan fingerprint density at radius 2 is 2.33 bits per heavy atom. The zero-order valence-electron chi connectivity index (χ0n) is 9.13. The number of hydrogen-bond acceptors (Lipinski definition) is 6. The molecule has 0 aromatic carbocycles. The predicted octanol–water partition coefficient (Wildman–Crippen LogP) is 1.47. The van der Waals surface area contributed by atoms with Gasteiger partial charge in [0.05, 0.1) is 5.56 Å². The molecule has 18 heavy (non-hydrogen) atoms. The maximum atomic E-state index is 10.8. The molecule has 8 heteroatoms. The molecule has 0 unspecified atom stereocenters. The second-order valence-electron chi connectivity index (χ2n) is 3.38. The third-order valence-corrected chi connectivity index (χ3v) is 2.29. The third-order valence-electron chi connectivity index (χ3n) is 2.09. The molecule has 0 saturated carbocycles. The quantitative estimate of drug-likeness (QED) is 0.792. The number of carboxylic acid groups (broad SMARTS) is 1. The van der Waals surface area contributed by atoms with Gasteiger partial charge in [-0.1, -0.05) is 16.8 Å². The molecule has 0 spiro atoms. The van der Waals surface area contributed by atoms with E-state index >= 15 is 0 Å². The summed E-state index contributed by atoms with van der Waals surface area (Å²) in [5, 5.41) is 15.4. The van der Waals surface area contributed by atoms with Gasteiger partial charge in [-0.05, 0) is 12.1 Å². The van der Waals surface area contributed by atoms with Gasteiger partial charge in [0.1, 0.15) is 11.0 Å². The molecule has 0 aliphatic rings. The van der Waals surface area contributed by atoms with Crippen molar-refractivity contribution < 1.29 is 14.4 Å². The van der Waals surface area contributed by atoms with E-state index in [4.69, 9.17) is 21.2 Å². The average molecular weight is 269 g/mol. The molecule has 2 aromatic rings. The maximum Gasteiger partial charge on any atom is 0.335 e. The first kappa shape index (κ1) is 12.3. The molecule has 2 heterocycles. The number of carbonyl (C=O) groups is 1. The fourth-order valence-corrected chi connectivity index (χ4v) is 1.52. The SMILES string of the molecule is O=C(O)c1cc(Cl)nc(NCCc2ncno2)c1. The van der Waals surface area contributed by atoms with Crippen LogP contribution in [0.5, 0.6) is 0 Å². The molecular weight excluding hydrogens is 260 g/mol. The third kappa shape index (κ3) is 3.17. The lowest BCUT2D eigenvalue weighted by atomic mass is 10.2. The Labute approximate surface area is 107 Å². The first-order chi connectivity index (χ1) is 8.65. The summed E-state index contributed by atoms with van der Waals surface area (Å²) >= 11 is 5.72. The lowest BCUT2D eigenvalue weighted by Crippen LogP contribution is -2.08. The van der Waals surface area contributed by atoms with E-state index in [1.807, 2.05) is 0 Å². The highest BCUT2D eigenvalue weighted by molar-refractivity contribution is 6.29. The van der Waals surface area contributed by atoms with Crippen LogP contribution in [0, 0.1) is 0 Å². The molecule has 0 saturated heterocycles. The summed E-state index contributed by atoms with van der Waals surface area (Å²) in [6, 6.07) is 2.69. The summed E-state index contributed by atoms with van der Waals surface area (Å²) in [6.07, 6.45) is 1.83. The van der Waals surface area contributed by atoms with Crippen molar-refractivity contribution in [1.29, 1.82) is 0 Å². The summed E-state index contributed by atoms with van der Waals surface area (Å²) in [5.41, 5.74) is 0.0790. The van der Waals surface area contributed by atoms with Crippen LogP contribution < -0.4 is 5.32 Å². The smallest absolute Gasteiger partial charge is 0.335 e. The van der Waals surface area contributed by atoms with Gasteiger partial charge >= 0.3 is 5.97 Å². The zero-order chi connectivity index (χ0) is 13.0. The van der Waals surface area contributed by atoms with Gasteiger partial charge in [0.25, 0.3) is 0 Å². The predicted molar refractivity (Wildman–Crippen MR) is 62.7 cm³/mol. The van der Waals surface area contributed by atoms with Crippen LogP contribution in [0.1, 0.15) is 16.2 Å². The van der Waals surface area contributed by atoms with E-state index in [0.717, 1.165) is 0 Å². The van der Waals surface area contributed by atoms with Gasteiger partial charge < -0.3 is 14.9 Å². The Morgan fingerprint density at radius 1 is 1.50 bits per heavy atom. The number of rotatable bonds is 5. The molecule has 2 N–H and O–H groups in total. The molecule has 7 nitrogen and oxygen atoms in total. The van der Waals surface area contributed by atoms with Crippen molar-refractivity contribution in [2.24, 2.45) is 0 Å². The van der Waals surface area contributed by atoms with Crippen LogP contribution in [0.2, 0.25) is 5.15 Å².